The van der Waals surface area contributed by atoms with E-state index < -0.39 is 0 Å². The number of nitrogens with zero attached hydrogens (tertiary/aromatic N) is 6. The van der Waals surface area contributed by atoms with E-state index in [9.17, 15) is 0 Å². The molecule has 1 aliphatic heterocycles. The fraction of sp³-hybridized carbons (Fsp3) is 0.318. The molecule has 0 saturated carbocycles. The first-order valence-corrected chi connectivity index (χ1v) is 10.4. The lowest BCUT2D eigenvalue weighted by Gasteiger charge is -2.34. The number of anilines is 1. The molecule has 0 unspecified atom stereocenters. The van der Waals surface area contributed by atoms with Gasteiger partial charge in [-0.25, -0.2) is 4.98 Å². The van der Waals surface area contributed by atoms with Crippen LogP contribution in [-0.2, 0) is 0 Å². The van der Waals surface area contributed by atoms with Gasteiger partial charge in [-0.3, -0.25) is 4.57 Å². The zero-order valence-electron chi connectivity index (χ0n) is 16.6. The van der Waals surface area contributed by atoms with Crippen LogP contribution < -0.4 is 4.90 Å². The second-order valence-electron chi connectivity index (χ2n) is 7.59. The summed E-state index contributed by atoms with van der Waals surface area (Å²) in [4.78, 5) is 7.07. The maximum absolute atomic E-state index is 6.06. The summed E-state index contributed by atoms with van der Waals surface area (Å²) in [5, 5.41) is 9.54. The van der Waals surface area contributed by atoms with Crippen LogP contribution in [0.2, 0.25) is 5.02 Å². The van der Waals surface area contributed by atoms with Gasteiger partial charge in [0.15, 0.2) is 0 Å². The average molecular weight is 407 g/mol. The van der Waals surface area contributed by atoms with Crippen molar-refractivity contribution >= 4 is 28.6 Å². The number of fused-ring (bicyclic) bond motifs is 1. The van der Waals surface area contributed by atoms with E-state index in [0.29, 0.717) is 6.04 Å². The molecule has 0 N–H and O–H groups in total. The van der Waals surface area contributed by atoms with Crippen molar-refractivity contribution in [3.05, 3.63) is 65.2 Å². The monoisotopic (exact) mass is 406 g/mol. The van der Waals surface area contributed by atoms with Gasteiger partial charge in [0.05, 0.1) is 16.7 Å². The third-order valence-corrected chi connectivity index (χ3v) is 6.03. The van der Waals surface area contributed by atoms with Crippen molar-refractivity contribution in [1.29, 1.82) is 0 Å². The first kappa shape index (κ1) is 18.2. The third-order valence-electron chi connectivity index (χ3n) is 5.78. The number of imidazole rings is 1. The van der Waals surface area contributed by atoms with Crippen LogP contribution >= 0.6 is 11.6 Å². The lowest BCUT2D eigenvalue weighted by molar-refractivity contribution is 0.394. The minimum atomic E-state index is 0.451. The number of rotatable bonds is 3. The number of hydrogen-bond acceptors (Lipinski definition) is 4. The molecule has 7 heteroatoms. The highest BCUT2D eigenvalue weighted by molar-refractivity contribution is 6.30. The molecule has 5 rings (SSSR count). The Kier molecular flexibility index (Phi) is 4.51. The normalized spacial score (nSPS) is 15.3. The maximum atomic E-state index is 6.06. The topological polar surface area (TPSA) is 51.8 Å². The van der Waals surface area contributed by atoms with Crippen LogP contribution in [0.15, 0.2) is 48.5 Å². The second-order valence-corrected chi connectivity index (χ2v) is 8.03. The minimum Gasteiger partial charge on any atom is -0.340 e. The summed E-state index contributed by atoms with van der Waals surface area (Å²) in [6, 6.07) is 16.7. The molecule has 2 aromatic carbocycles. The number of aryl methyl sites for hydroxylation is 2. The van der Waals surface area contributed by atoms with Crippen LogP contribution in [0.25, 0.3) is 16.7 Å². The number of piperidine rings is 1. The molecule has 1 saturated heterocycles. The van der Waals surface area contributed by atoms with Gasteiger partial charge in [-0.05, 0) is 63.1 Å². The van der Waals surface area contributed by atoms with Gasteiger partial charge in [0.2, 0.25) is 5.95 Å². The molecule has 0 spiro atoms. The molecule has 0 amide bonds. The Morgan fingerprint density at radius 3 is 2.38 bits per heavy atom. The van der Waals surface area contributed by atoms with Crippen molar-refractivity contribution in [1.82, 2.24) is 24.3 Å². The Morgan fingerprint density at radius 1 is 0.897 bits per heavy atom. The molecule has 0 radical (unpaired) electrons. The number of para-hydroxylation sites is 2. The number of benzene rings is 2. The Morgan fingerprint density at radius 2 is 1.62 bits per heavy atom. The third kappa shape index (κ3) is 3.17. The number of aromatic nitrogens is 5. The molecule has 148 valence electrons. The van der Waals surface area contributed by atoms with E-state index in [4.69, 9.17) is 16.6 Å². The Balaban J connectivity index is 1.40. The molecule has 0 atom stereocenters. The van der Waals surface area contributed by atoms with Crippen LogP contribution in [0.1, 0.15) is 30.5 Å². The summed E-state index contributed by atoms with van der Waals surface area (Å²) in [7, 11) is 0. The van der Waals surface area contributed by atoms with E-state index >= 15 is 0 Å². The van der Waals surface area contributed by atoms with Crippen molar-refractivity contribution in [2.75, 3.05) is 18.0 Å². The fourth-order valence-corrected chi connectivity index (χ4v) is 4.52. The smallest absolute Gasteiger partial charge is 0.231 e. The molecular weight excluding hydrogens is 384 g/mol. The summed E-state index contributed by atoms with van der Waals surface area (Å²) >= 11 is 6.06. The SMILES string of the molecule is Cc1nnc(N2CCC(n3c(C)nc4ccccc43)CC2)n1-c1ccc(Cl)cc1. The molecule has 1 aliphatic rings. The minimum absolute atomic E-state index is 0.451. The molecule has 4 aromatic rings. The molecule has 29 heavy (non-hydrogen) atoms. The van der Waals surface area contributed by atoms with Crippen molar-refractivity contribution in [2.45, 2.75) is 32.7 Å². The summed E-state index contributed by atoms with van der Waals surface area (Å²) in [5.41, 5.74) is 3.33. The van der Waals surface area contributed by atoms with Crippen LogP contribution in [0, 0.1) is 13.8 Å². The highest BCUT2D eigenvalue weighted by Crippen LogP contribution is 2.31. The average Bonchev–Trinajstić information content (AvgIpc) is 3.28. The van der Waals surface area contributed by atoms with Crippen molar-refractivity contribution in [2.24, 2.45) is 0 Å². The van der Waals surface area contributed by atoms with E-state index in [-0.39, 0.29) is 0 Å². The van der Waals surface area contributed by atoms with Crippen molar-refractivity contribution in [3.8, 4) is 5.69 Å². The van der Waals surface area contributed by atoms with E-state index in [0.717, 1.165) is 59.8 Å². The highest BCUT2D eigenvalue weighted by Gasteiger charge is 2.26. The Bertz CT molecular complexity index is 1150. The molecular formula is C22H23ClN6. The first-order valence-electron chi connectivity index (χ1n) is 9.98. The zero-order chi connectivity index (χ0) is 20.0. The van der Waals surface area contributed by atoms with Gasteiger partial charge in [-0.15, -0.1) is 10.2 Å². The maximum Gasteiger partial charge on any atom is 0.231 e. The van der Waals surface area contributed by atoms with Gasteiger partial charge in [0, 0.05) is 24.2 Å². The van der Waals surface area contributed by atoms with E-state index in [2.05, 4.69) is 49.4 Å². The lowest BCUT2D eigenvalue weighted by atomic mass is 10.0. The number of halogens is 1. The lowest BCUT2D eigenvalue weighted by Crippen LogP contribution is -2.36. The van der Waals surface area contributed by atoms with Crippen molar-refractivity contribution in [3.63, 3.8) is 0 Å². The highest BCUT2D eigenvalue weighted by atomic mass is 35.5. The zero-order valence-corrected chi connectivity index (χ0v) is 17.3. The van der Waals surface area contributed by atoms with Gasteiger partial charge >= 0.3 is 0 Å². The quantitative estimate of drug-likeness (QED) is 0.493. The molecule has 0 aliphatic carbocycles. The largest absolute Gasteiger partial charge is 0.340 e. The summed E-state index contributed by atoms with van der Waals surface area (Å²) in [6.07, 6.45) is 2.10. The molecule has 0 bridgehead atoms. The van der Waals surface area contributed by atoms with Gasteiger partial charge in [0.1, 0.15) is 11.6 Å². The summed E-state index contributed by atoms with van der Waals surface area (Å²) < 4.78 is 4.51. The summed E-state index contributed by atoms with van der Waals surface area (Å²) in [6.45, 7) is 5.95. The predicted molar refractivity (Wildman–Crippen MR) is 116 cm³/mol. The van der Waals surface area contributed by atoms with Crippen molar-refractivity contribution < 1.29 is 0 Å². The molecule has 6 nitrogen and oxygen atoms in total. The van der Waals surface area contributed by atoms with Gasteiger partial charge in [-0.2, -0.15) is 0 Å². The second kappa shape index (κ2) is 7.19. The first-order chi connectivity index (χ1) is 14.1. The van der Waals surface area contributed by atoms with Gasteiger partial charge < -0.3 is 9.47 Å². The van der Waals surface area contributed by atoms with E-state index in [1.807, 2.05) is 37.3 Å². The number of hydrogen-bond donors (Lipinski definition) is 0. The predicted octanol–water partition coefficient (Wildman–Crippen LogP) is 4.73. The Hall–Kier alpha value is -2.86. The van der Waals surface area contributed by atoms with Crippen LogP contribution in [0.4, 0.5) is 5.95 Å². The fourth-order valence-electron chi connectivity index (χ4n) is 4.40. The van der Waals surface area contributed by atoms with Crippen LogP contribution in [-0.4, -0.2) is 37.4 Å². The van der Waals surface area contributed by atoms with Gasteiger partial charge in [0.25, 0.3) is 0 Å². The van der Waals surface area contributed by atoms with Gasteiger partial charge in [-0.1, -0.05) is 23.7 Å². The standard InChI is InChI=1S/C22H23ClN6/c1-15-24-20-5-3-4-6-21(20)28(15)19-11-13-27(14-12-19)22-26-25-16(2)29(22)18-9-7-17(23)8-10-18/h3-10,19H,11-14H2,1-2H3. The van der Waals surface area contributed by atoms with E-state index in [1.165, 1.54) is 5.52 Å². The molecule has 3 heterocycles. The molecule has 2 aromatic heterocycles. The van der Waals surface area contributed by atoms with E-state index in [1.54, 1.807) is 0 Å². The molecule has 1 fully saturated rings. The van der Waals surface area contributed by atoms with Crippen LogP contribution in [0.5, 0.6) is 0 Å². The Labute approximate surface area is 174 Å². The summed E-state index contributed by atoms with van der Waals surface area (Å²) in [5.74, 6) is 2.86. The van der Waals surface area contributed by atoms with Crippen LogP contribution in [0.3, 0.4) is 0 Å².